The van der Waals surface area contributed by atoms with Crippen molar-refractivity contribution < 1.29 is 9.59 Å². The van der Waals surface area contributed by atoms with E-state index >= 15 is 0 Å². The van der Waals surface area contributed by atoms with E-state index in [1.54, 1.807) is 6.08 Å². The molecular weight excluding hydrogens is 380 g/mol. The Morgan fingerprint density at radius 3 is 2.44 bits per heavy atom. The van der Waals surface area contributed by atoms with Crippen LogP contribution in [0, 0.1) is 0 Å². The molecule has 0 aromatic heterocycles. The number of benzene rings is 2. The van der Waals surface area contributed by atoms with Crippen molar-refractivity contribution in [2.24, 2.45) is 5.10 Å². The van der Waals surface area contributed by atoms with E-state index in [4.69, 9.17) is 0 Å². The Morgan fingerprint density at radius 1 is 1.00 bits per heavy atom. The standard InChI is InChI=1S/C20H19BrN2O2/c21-18-10-8-17(9-11-18)15-19(24)12-13-20(25)23-22-14-4-7-16-5-2-1-3-6-16/h1-11,14H,12-13,15H2,(H,23,25)/b7-4+,22-14+. The molecule has 4 nitrogen and oxygen atoms in total. The number of allylic oxidation sites excluding steroid dienone is 1. The molecule has 0 heterocycles. The van der Waals surface area contributed by atoms with Crippen LogP contribution in [-0.2, 0) is 16.0 Å². The first-order chi connectivity index (χ1) is 12.1. The van der Waals surface area contributed by atoms with E-state index < -0.39 is 0 Å². The second kappa shape index (κ2) is 10.4. The first-order valence-electron chi connectivity index (χ1n) is 7.93. The molecule has 0 atom stereocenters. The van der Waals surface area contributed by atoms with Crippen molar-refractivity contribution in [1.82, 2.24) is 5.43 Å². The molecule has 0 fully saturated rings. The molecular formula is C20H19BrN2O2. The van der Waals surface area contributed by atoms with Crippen LogP contribution in [0.1, 0.15) is 24.0 Å². The van der Waals surface area contributed by atoms with Crippen molar-refractivity contribution in [3.05, 3.63) is 76.3 Å². The molecule has 1 N–H and O–H groups in total. The fourth-order valence-corrected chi connectivity index (χ4v) is 2.36. The van der Waals surface area contributed by atoms with E-state index in [2.05, 4.69) is 26.5 Å². The number of Topliss-reactive ketones (excluding diaryl/α,β-unsaturated/α-hetero) is 1. The summed E-state index contributed by atoms with van der Waals surface area (Å²) in [6.07, 6.45) is 5.82. The van der Waals surface area contributed by atoms with Gasteiger partial charge in [-0.25, -0.2) is 5.43 Å². The molecule has 0 spiro atoms. The van der Waals surface area contributed by atoms with Gasteiger partial charge < -0.3 is 0 Å². The van der Waals surface area contributed by atoms with E-state index in [1.807, 2.05) is 60.7 Å². The highest BCUT2D eigenvalue weighted by Gasteiger charge is 2.07. The number of nitrogens with zero attached hydrogens (tertiary/aromatic N) is 1. The second-order valence-corrected chi connectivity index (χ2v) is 6.34. The van der Waals surface area contributed by atoms with Crippen LogP contribution >= 0.6 is 15.9 Å². The normalized spacial score (nSPS) is 11.1. The van der Waals surface area contributed by atoms with Gasteiger partial charge in [0.15, 0.2) is 0 Å². The van der Waals surface area contributed by atoms with Gasteiger partial charge in [0.2, 0.25) is 5.91 Å². The molecule has 2 aromatic rings. The fraction of sp³-hybridized carbons (Fsp3) is 0.150. The number of hydrogen-bond donors (Lipinski definition) is 1. The molecule has 2 rings (SSSR count). The Bertz CT molecular complexity index is 753. The smallest absolute Gasteiger partial charge is 0.240 e. The lowest BCUT2D eigenvalue weighted by Gasteiger charge is -2.01. The zero-order valence-corrected chi connectivity index (χ0v) is 15.3. The van der Waals surface area contributed by atoms with Gasteiger partial charge in [0.1, 0.15) is 5.78 Å². The number of nitrogens with one attached hydrogen (secondary N) is 1. The molecule has 0 aliphatic rings. The van der Waals surface area contributed by atoms with Gasteiger partial charge in [-0.05, 0) is 29.3 Å². The summed E-state index contributed by atoms with van der Waals surface area (Å²) in [6, 6.07) is 17.4. The third-order valence-electron chi connectivity index (χ3n) is 3.38. The third kappa shape index (κ3) is 7.72. The second-order valence-electron chi connectivity index (χ2n) is 5.42. The summed E-state index contributed by atoms with van der Waals surface area (Å²) in [7, 11) is 0. The Balaban J connectivity index is 1.66. The highest BCUT2D eigenvalue weighted by atomic mass is 79.9. The van der Waals surface area contributed by atoms with Gasteiger partial charge in [-0.3, -0.25) is 9.59 Å². The van der Waals surface area contributed by atoms with Crippen LogP contribution in [0.15, 0.2) is 70.2 Å². The molecule has 5 heteroatoms. The van der Waals surface area contributed by atoms with E-state index in [-0.39, 0.29) is 24.5 Å². The predicted molar refractivity (Wildman–Crippen MR) is 104 cm³/mol. The molecule has 0 aliphatic carbocycles. The summed E-state index contributed by atoms with van der Waals surface area (Å²) in [4.78, 5) is 23.6. The van der Waals surface area contributed by atoms with E-state index in [1.165, 1.54) is 6.21 Å². The van der Waals surface area contributed by atoms with Crippen LogP contribution in [0.5, 0.6) is 0 Å². The lowest BCUT2D eigenvalue weighted by atomic mass is 10.1. The highest BCUT2D eigenvalue weighted by Crippen LogP contribution is 2.11. The number of hydrazone groups is 1. The van der Waals surface area contributed by atoms with Crippen LogP contribution in [0.3, 0.4) is 0 Å². The maximum absolute atomic E-state index is 11.9. The minimum atomic E-state index is -0.270. The number of amides is 1. The summed E-state index contributed by atoms with van der Waals surface area (Å²) < 4.78 is 0.974. The molecule has 0 unspecified atom stereocenters. The largest absolute Gasteiger partial charge is 0.299 e. The Hall–Kier alpha value is -2.53. The molecule has 128 valence electrons. The summed E-state index contributed by atoms with van der Waals surface area (Å²) in [5, 5.41) is 3.83. The van der Waals surface area contributed by atoms with Crippen LogP contribution in [0.25, 0.3) is 6.08 Å². The van der Waals surface area contributed by atoms with Gasteiger partial charge in [-0.2, -0.15) is 5.10 Å². The first kappa shape index (κ1) is 18.8. The SMILES string of the molecule is O=C(CCC(=O)N/N=C/C=C/c1ccccc1)Cc1ccc(Br)cc1. The zero-order valence-electron chi connectivity index (χ0n) is 13.7. The van der Waals surface area contributed by atoms with Gasteiger partial charge in [0, 0.05) is 29.9 Å². The van der Waals surface area contributed by atoms with Crippen LogP contribution < -0.4 is 5.43 Å². The van der Waals surface area contributed by atoms with Crippen molar-refractivity contribution in [1.29, 1.82) is 0 Å². The van der Waals surface area contributed by atoms with Gasteiger partial charge in [0.05, 0.1) is 0 Å². The van der Waals surface area contributed by atoms with E-state index in [0.29, 0.717) is 6.42 Å². The number of rotatable bonds is 8. The molecule has 2 aromatic carbocycles. The quantitative estimate of drug-likeness (QED) is 0.536. The third-order valence-corrected chi connectivity index (χ3v) is 3.91. The van der Waals surface area contributed by atoms with Gasteiger partial charge in [-0.1, -0.05) is 64.5 Å². The molecule has 0 aliphatic heterocycles. The Labute approximate surface area is 155 Å². The maximum Gasteiger partial charge on any atom is 0.240 e. The highest BCUT2D eigenvalue weighted by molar-refractivity contribution is 9.10. The van der Waals surface area contributed by atoms with Crippen LogP contribution in [0.4, 0.5) is 0 Å². The fourth-order valence-electron chi connectivity index (χ4n) is 2.10. The average Bonchev–Trinajstić information content (AvgIpc) is 2.62. The van der Waals surface area contributed by atoms with Crippen LogP contribution in [0.2, 0.25) is 0 Å². The monoisotopic (exact) mass is 398 g/mol. The van der Waals surface area contributed by atoms with Crippen molar-refractivity contribution in [3.63, 3.8) is 0 Å². The Kier molecular flexibility index (Phi) is 7.79. The summed E-state index contributed by atoms with van der Waals surface area (Å²) >= 11 is 3.35. The number of ketones is 1. The molecule has 0 saturated carbocycles. The zero-order chi connectivity index (χ0) is 17.9. The molecule has 0 radical (unpaired) electrons. The molecule has 1 amide bonds. The number of carbonyl (C=O) groups is 2. The van der Waals surface area contributed by atoms with Crippen molar-refractivity contribution in [3.8, 4) is 0 Å². The minimum Gasteiger partial charge on any atom is -0.299 e. The maximum atomic E-state index is 11.9. The number of carbonyl (C=O) groups excluding carboxylic acids is 2. The summed E-state index contributed by atoms with van der Waals surface area (Å²) in [5.74, 6) is -0.237. The number of hydrogen-bond acceptors (Lipinski definition) is 3. The van der Waals surface area contributed by atoms with Crippen molar-refractivity contribution >= 4 is 39.9 Å². The molecule has 0 bridgehead atoms. The van der Waals surface area contributed by atoms with Crippen molar-refractivity contribution in [2.45, 2.75) is 19.3 Å². The van der Waals surface area contributed by atoms with E-state index in [0.717, 1.165) is 15.6 Å². The summed E-state index contributed by atoms with van der Waals surface area (Å²) in [6.45, 7) is 0. The van der Waals surface area contributed by atoms with Crippen molar-refractivity contribution in [2.75, 3.05) is 0 Å². The van der Waals surface area contributed by atoms with Gasteiger partial charge in [0.25, 0.3) is 0 Å². The van der Waals surface area contributed by atoms with E-state index in [9.17, 15) is 9.59 Å². The Morgan fingerprint density at radius 2 is 1.72 bits per heavy atom. The minimum absolute atomic E-state index is 0.0328. The summed E-state index contributed by atoms with van der Waals surface area (Å²) in [5.41, 5.74) is 4.41. The predicted octanol–water partition coefficient (Wildman–Crippen LogP) is 4.16. The molecule has 25 heavy (non-hydrogen) atoms. The van der Waals surface area contributed by atoms with Gasteiger partial charge in [-0.15, -0.1) is 0 Å². The average molecular weight is 399 g/mol. The van der Waals surface area contributed by atoms with Gasteiger partial charge >= 0.3 is 0 Å². The molecule has 0 saturated heterocycles. The number of halogens is 1. The first-order valence-corrected chi connectivity index (χ1v) is 8.72. The lowest BCUT2D eigenvalue weighted by Crippen LogP contribution is -2.18. The van der Waals surface area contributed by atoms with Crippen LogP contribution in [-0.4, -0.2) is 17.9 Å². The lowest BCUT2D eigenvalue weighted by molar-refractivity contribution is -0.125. The topological polar surface area (TPSA) is 58.5 Å².